The summed E-state index contributed by atoms with van der Waals surface area (Å²) in [6.45, 7) is 20.7. The zero-order chi connectivity index (χ0) is 20.4. The molecule has 0 aliphatic rings. The Labute approximate surface area is 185 Å². The summed E-state index contributed by atoms with van der Waals surface area (Å²) in [6, 6.07) is 15.5. The zero-order valence-corrected chi connectivity index (χ0v) is 19.9. The van der Waals surface area contributed by atoms with Crippen LogP contribution in [0.2, 0.25) is 0 Å². The van der Waals surface area contributed by atoms with E-state index in [9.17, 15) is 0 Å². The molecule has 0 fully saturated rings. The van der Waals surface area contributed by atoms with E-state index in [0.29, 0.717) is 5.92 Å². The fraction of sp³-hybridized carbons (Fsp3) is 0.538. The van der Waals surface area contributed by atoms with Gasteiger partial charge in [-0.25, -0.2) is 0 Å². The molecule has 0 radical (unpaired) electrons. The van der Waals surface area contributed by atoms with E-state index in [-0.39, 0.29) is 35.7 Å². The Hall–Kier alpha value is -1.16. The fourth-order valence-corrected chi connectivity index (χ4v) is 4.70. The first-order chi connectivity index (χ1) is 12.4. The number of aryl methyl sites for hydroxylation is 3. The molecule has 28 heavy (non-hydrogen) atoms. The van der Waals surface area contributed by atoms with Gasteiger partial charge in [-0.05, 0) is 37.5 Å². The molecule has 1 nitrogen and oxygen atoms in total. The van der Waals surface area contributed by atoms with Gasteiger partial charge in [0.15, 0.2) is 0 Å². The van der Waals surface area contributed by atoms with Gasteiger partial charge < -0.3 is 5.32 Å². The Morgan fingerprint density at radius 2 is 1.25 bits per heavy atom. The minimum absolute atomic E-state index is 0. The predicted octanol–water partition coefficient (Wildman–Crippen LogP) is 5.46. The van der Waals surface area contributed by atoms with Crippen molar-refractivity contribution < 1.29 is 18.9 Å². The molecule has 0 aliphatic carbocycles. The standard InChI is InChI=1S/C26H38N.Li/c1-18-15-19(2)24(20(3)16-18)27-22(21-13-11-10-12-14-21)17-23(25(4,5)6)26(7,8)9;/h10-16,22-23H,17H2,1-9H3;/q-1;+1. The third-order valence-electron chi connectivity index (χ3n) is 5.65. The Morgan fingerprint density at radius 3 is 1.68 bits per heavy atom. The molecule has 0 saturated carbocycles. The van der Waals surface area contributed by atoms with Crippen LogP contribution in [0, 0.1) is 37.5 Å². The Morgan fingerprint density at radius 1 is 0.786 bits per heavy atom. The molecule has 0 aliphatic heterocycles. The van der Waals surface area contributed by atoms with E-state index in [4.69, 9.17) is 5.32 Å². The van der Waals surface area contributed by atoms with E-state index in [1.54, 1.807) is 0 Å². The van der Waals surface area contributed by atoms with E-state index in [1.807, 2.05) is 0 Å². The summed E-state index contributed by atoms with van der Waals surface area (Å²) in [7, 11) is 0. The molecule has 0 heterocycles. The topological polar surface area (TPSA) is 14.1 Å². The Kier molecular flexibility index (Phi) is 8.49. The summed E-state index contributed by atoms with van der Waals surface area (Å²) in [5, 5.41) is 5.34. The summed E-state index contributed by atoms with van der Waals surface area (Å²) >= 11 is 0. The van der Waals surface area contributed by atoms with Crippen LogP contribution in [0.4, 0.5) is 5.69 Å². The maximum absolute atomic E-state index is 5.34. The van der Waals surface area contributed by atoms with Crippen LogP contribution in [0.5, 0.6) is 0 Å². The second-order valence-electron chi connectivity index (χ2n) is 10.3. The minimum atomic E-state index is 0. The number of hydrogen-bond donors (Lipinski definition) is 0. The largest absolute Gasteiger partial charge is 1.00 e. The molecular weight excluding hydrogens is 333 g/mol. The minimum Gasteiger partial charge on any atom is -0.678 e. The Bertz CT molecular complexity index is 713. The van der Waals surface area contributed by atoms with Crippen LogP contribution in [-0.4, -0.2) is 0 Å². The van der Waals surface area contributed by atoms with Gasteiger partial charge in [0, 0.05) is 0 Å². The normalized spacial score (nSPS) is 13.2. The van der Waals surface area contributed by atoms with Gasteiger partial charge in [0.1, 0.15) is 0 Å². The molecule has 148 valence electrons. The van der Waals surface area contributed by atoms with Crippen molar-refractivity contribution in [1.29, 1.82) is 0 Å². The zero-order valence-electron chi connectivity index (χ0n) is 19.9. The van der Waals surface area contributed by atoms with Crippen molar-refractivity contribution >= 4 is 5.69 Å². The second kappa shape index (κ2) is 9.56. The van der Waals surface area contributed by atoms with Gasteiger partial charge >= 0.3 is 18.9 Å². The van der Waals surface area contributed by atoms with Crippen molar-refractivity contribution in [3.63, 3.8) is 0 Å². The molecule has 2 aromatic carbocycles. The van der Waals surface area contributed by atoms with Gasteiger partial charge in [0.2, 0.25) is 0 Å². The van der Waals surface area contributed by atoms with E-state index in [1.165, 1.54) is 22.3 Å². The van der Waals surface area contributed by atoms with Crippen LogP contribution in [0.15, 0.2) is 42.5 Å². The van der Waals surface area contributed by atoms with E-state index >= 15 is 0 Å². The van der Waals surface area contributed by atoms with Crippen molar-refractivity contribution in [3.8, 4) is 0 Å². The van der Waals surface area contributed by atoms with E-state index in [2.05, 4.69) is 105 Å². The molecule has 0 saturated heterocycles. The van der Waals surface area contributed by atoms with Crippen LogP contribution in [0.25, 0.3) is 5.32 Å². The molecule has 1 unspecified atom stereocenters. The molecule has 1 atom stereocenters. The molecule has 0 bridgehead atoms. The molecule has 0 amide bonds. The fourth-order valence-electron chi connectivity index (χ4n) is 4.70. The SMILES string of the molecule is Cc1cc(C)c([N-]C(CC(C(C)(C)C)C(C)(C)C)c2ccccc2)c(C)c1.[Li+]. The first-order valence-corrected chi connectivity index (χ1v) is 10.2. The molecule has 0 aromatic heterocycles. The maximum atomic E-state index is 5.34. The van der Waals surface area contributed by atoms with E-state index in [0.717, 1.165) is 12.1 Å². The molecular formula is C26H38LiN. The van der Waals surface area contributed by atoms with Gasteiger partial charge in [-0.15, -0.1) is 5.69 Å². The summed E-state index contributed by atoms with van der Waals surface area (Å²) in [5.41, 5.74) is 6.80. The second-order valence-corrected chi connectivity index (χ2v) is 10.3. The average molecular weight is 372 g/mol. The number of nitrogens with zero attached hydrogens (tertiary/aromatic N) is 1. The summed E-state index contributed by atoms with van der Waals surface area (Å²) in [4.78, 5) is 0. The average Bonchev–Trinajstić information content (AvgIpc) is 2.51. The summed E-state index contributed by atoms with van der Waals surface area (Å²) in [5.74, 6) is 0.560. The van der Waals surface area contributed by atoms with Gasteiger partial charge in [0.25, 0.3) is 0 Å². The first-order valence-electron chi connectivity index (χ1n) is 10.2. The molecule has 0 spiro atoms. The van der Waals surface area contributed by atoms with Gasteiger partial charge in [-0.1, -0.05) is 119 Å². The van der Waals surface area contributed by atoms with E-state index < -0.39 is 0 Å². The quantitative estimate of drug-likeness (QED) is 0.620. The number of hydrogen-bond acceptors (Lipinski definition) is 0. The molecule has 0 N–H and O–H groups in total. The predicted molar refractivity (Wildman–Crippen MR) is 120 cm³/mol. The third-order valence-corrected chi connectivity index (χ3v) is 5.65. The van der Waals surface area contributed by atoms with Gasteiger partial charge in [-0.3, -0.25) is 0 Å². The van der Waals surface area contributed by atoms with Crippen LogP contribution >= 0.6 is 0 Å². The maximum Gasteiger partial charge on any atom is 1.00 e. The monoisotopic (exact) mass is 371 g/mol. The molecule has 2 rings (SSSR count). The van der Waals surface area contributed by atoms with Crippen molar-refractivity contribution in [3.05, 3.63) is 70.0 Å². The van der Waals surface area contributed by atoms with Crippen molar-refractivity contribution in [2.75, 3.05) is 0 Å². The van der Waals surface area contributed by atoms with Gasteiger partial charge in [-0.2, -0.15) is 0 Å². The van der Waals surface area contributed by atoms with Crippen molar-refractivity contribution in [1.82, 2.24) is 0 Å². The third kappa shape index (κ3) is 6.43. The summed E-state index contributed by atoms with van der Waals surface area (Å²) < 4.78 is 0. The number of benzene rings is 2. The Balaban J connectivity index is 0.00000392. The van der Waals surface area contributed by atoms with Crippen molar-refractivity contribution in [2.45, 2.75) is 74.8 Å². The molecule has 2 heteroatoms. The number of rotatable bonds is 5. The van der Waals surface area contributed by atoms with Crippen LogP contribution in [0.1, 0.15) is 76.3 Å². The first kappa shape index (κ1) is 24.9. The summed E-state index contributed by atoms with van der Waals surface area (Å²) in [6.07, 6.45) is 1.06. The smallest absolute Gasteiger partial charge is 0.678 e. The van der Waals surface area contributed by atoms with Gasteiger partial charge in [0.05, 0.1) is 0 Å². The molecule has 2 aromatic rings. The van der Waals surface area contributed by atoms with Crippen LogP contribution in [0.3, 0.4) is 0 Å². The van der Waals surface area contributed by atoms with Crippen LogP contribution in [-0.2, 0) is 0 Å². The van der Waals surface area contributed by atoms with Crippen molar-refractivity contribution in [2.24, 2.45) is 16.7 Å². The van der Waals surface area contributed by atoms with Crippen LogP contribution < -0.4 is 18.9 Å².